The first-order valence-electron chi connectivity index (χ1n) is 8.24. The number of likely N-dealkylation sites (tertiary alicyclic amines) is 1. The van der Waals surface area contributed by atoms with Crippen LogP contribution in [0.3, 0.4) is 0 Å². The van der Waals surface area contributed by atoms with Crippen molar-refractivity contribution >= 4 is 40.8 Å². The van der Waals surface area contributed by atoms with E-state index in [1.165, 1.54) is 6.20 Å². The average Bonchev–Trinajstić information content (AvgIpc) is 2.65. The SMILES string of the molecule is CCOC(=O)C1CCN(C(=O)/C(C#N)=C\Nc2cc(Cl)ccc2Cl)CC1. The molecule has 8 heteroatoms. The zero-order chi connectivity index (χ0) is 19.1. The molecule has 0 aromatic heterocycles. The van der Waals surface area contributed by atoms with Gasteiger partial charge in [-0.05, 0) is 38.0 Å². The summed E-state index contributed by atoms with van der Waals surface area (Å²) in [5, 5.41) is 13.1. The Morgan fingerprint density at radius 1 is 1.38 bits per heavy atom. The second kappa shape index (κ2) is 9.46. The number of piperidine rings is 1. The van der Waals surface area contributed by atoms with E-state index in [4.69, 9.17) is 27.9 Å². The Bertz CT molecular complexity index is 751. The van der Waals surface area contributed by atoms with Crippen LogP contribution in [0.2, 0.25) is 10.0 Å². The molecule has 1 saturated heterocycles. The first kappa shape index (κ1) is 20.1. The van der Waals surface area contributed by atoms with Crippen molar-refractivity contribution in [2.45, 2.75) is 19.8 Å². The monoisotopic (exact) mass is 395 g/mol. The topological polar surface area (TPSA) is 82.4 Å². The van der Waals surface area contributed by atoms with Crippen LogP contribution in [0.15, 0.2) is 30.0 Å². The molecule has 1 fully saturated rings. The van der Waals surface area contributed by atoms with E-state index in [0.717, 1.165) is 0 Å². The molecule has 1 heterocycles. The zero-order valence-corrected chi connectivity index (χ0v) is 15.8. The van der Waals surface area contributed by atoms with Crippen LogP contribution in [0, 0.1) is 17.2 Å². The van der Waals surface area contributed by atoms with Crippen LogP contribution >= 0.6 is 23.2 Å². The molecule has 1 N–H and O–H groups in total. The largest absolute Gasteiger partial charge is 0.466 e. The van der Waals surface area contributed by atoms with Gasteiger partial charge in [0, 0.05) is 24.3 Å². The first-order chi connectivity index (χ1) is 12.5. The number of hydrogen-bond donors (Lipinski definition) is 1. The summed E-state index contributed by atoms with van der Waals surface area (Å²) in [5.41, 5.74) is 0.455. The number of anilines is 1. The van der Waals surface area contributed by atoms with Gasteiger partial charge in [0.1, 0.15) is 11.6 Å². The lowest BCUT2D eigenvalue weighted by atomic mass is 9.96. The second-order valence-corrected chi connectivity index (χ2v) is 6.60. The molecular formula is C18H19Cl2N3O3. The standard InChI is InChI=1S/C18H19Cl2N3O3/c1-2-26-18(25)12-5-7-23(8-6-12)17(24)13(10-21)11-22-16-9-14(19)3-4-15(16)20/h3-4,9,11-12,22H,2,5-8H2,1H3/b13-11-. The lowest BCUT2D eigenvalue weighted by Gasteiger charge is -2.30. The van der Waals surface area contributed by atoms with Crippen molar-refractivity contribution in [2.24, 2.45) is 5.92 Å². The van der Waals surface area contributed by atoms with Crippen LogP contribution in [-0.4, -0.2) is 36.5 Å². The van der Waals surface area contributed by atoms with Gasteiger partial charge in [0.2, 0.25) is 0 Å². The molecule has 1 aliphatic rings. The Kier molecular flexibility index (Phi) is 7.31. The van der Waals surface area contributed by atoms with Crippen molar-refractivity contribution in [3.8, 4) is 6.07 Å². The van der Waals surface area contributed by atoms with Crippen LogP contribution in [-0.2, 0) is 14.3 Å². The smallest absolute Gasteiger partial charge is 0.309 e. The molecule has 0 bridgehead atoms. The Labute approximate surface area is 162 Å². The van der Waals surface area contributed by atoms with Crippen LogP contribution in [0.5, 0.6) is 0 Å². The second-order valence-electron chi connectivity index (χ2n) is 5.76. The lowest BCUT2D eigenvalue weighted by Crippen LogP contribution is -2.41. The third-order valence-electron chi connectivity index (χ3n) is 4.05. The normalized spacial score (nSPS) is 15.3. The molecule has 1 aromatic carbocycles. The minimum Gasteiger partial charge on any atom is -0.466 e. The van der Waals surface area contributed by atoms with Gasteiger partial charge in [0.15, 0.2) is 0 Å². The van der Waals surface area contributed by atoms with Crippen LogP contribution in [0.25, 0.3) is 0 Å². The third-order valence-corrected chi connectivity index (χ3v) is 4.62. The third kappa shape index (κ3) is 5.13. The van der Waals surface area contributed by atoms with Crippen molar-refractivity contribution in [1.82, 2.24) is 4.90 Å². The minimum atomic E-state index is -0.388. The maximum atomic E-state index is 12.5. The molecule has 0 aliphatic carbocycles. The summed E-state index contributed by atoms with van der Waals surface area (Å²) < 4.78 is 5.01. The summed E-state index contributed by atoms with van der Waals surface area (Å²) in [6.45, 7) is 2.91. The number of nitrogens with one attached hydrogen (secondary N) is 1. The van der Waals surface area contributed by atoms with Crippen LogP contribution < -0.4 is 5.32 Å². The van der Waals surface area contributed by atoms with Gasteiger partial charge in [-0.25, -0.2) is 0 Å². The quantitative estimate of drug-likeness (QED) is 0.467. The number of nitriles is 1. The number of halogens is 2. The predicted octanol–water partition coefficient (Wildman–Crippen LogP) is 3.61. The van der Waals surface area contributed by atoms with Gasteiger partial charge in [-0.1, -0.05) is 23.2 Å². The van der Waals surface area contributed by atoms with Crippen molar-refractivity contribution < 1.29 is 14.3 Å². The Hall–Kier alpha value is -2.23. The molecule has 26 heavy (non-hydrogen) atoms. The highest BCUT2D eigenvalue weighted by molar-refractivity contribution is 6.35. The number of amides is 1. The lowest BCUT2D eigenvalue weighted by molar-refractivity contribution is -0.150. The van der Waals surface area contributed by atoms with E-state index in [1.54, 1.807) is 30.0 Å². The highest BCUT2D eigenvalue weighted by Crippen LogP contribution is 2.26. The van der Waals surface area contributed by atoms with Gasteiger partial charge in [-0.2, -0.15) is 5.26 Å². The molecule has 6 nitrogen and oxygen atoms in total. The molecular weight excluding hydrogens is 377 g/mol. The van der Waals surface area contributed by atoms with E-state index < -0.39 is 0 Å². The summed E-state index contributed by atoms with van der Waals surface area (Å²) in [5.74, 6) is -0.815. The molecule has 2 rings (SSSR count). The van der Waals surface area contributed by atoms with E-state index in [1.807, 2.05) is 6.07 Å². The van der Waals surface area contributed by atoms with Gasteiger partial charge in [0.05, 0.1) is 23.2 Å². The zero-order valence-electron chi connectivity index (χ0n) is 14.3. The number of benzene rings is 1. The maximum absolute atomic E-state index is 12.5. The van der Waals surface area contributed by atoms with Gasteiger partial charge >= 0.3 is 5.97 Å². The molecule has 138 valence electrons. The molecule has 0 atom stereocenters. The van der Waals surface area contributed by atoms with Gasteiger partial charge in [-0.15, -0.1) is 0 Å². The van der Waals surface area contributed by atoms with Crippen molar-refractivity contribution in [3.05, 3.63) is 40.0 Å². The first-order valence-corrected chi connectivity index (χ1v) is 8.99. The van der Waals surface area contributed by atoms with Crippen molar-refractivity contribution in [3.63, 3.8) is 0 Å². The Morgan fingerprint density at radius 3 is 2.69 bits per heavy atom. The number of rotatable bonds is 5. The fraction of sp³-hybridized carbons (Fsp3) is 0.389. The van der Waals surface area contributed by atoms with E-state index >= 15 is 0 Å². The summed E-state index contributed by atoms with van der Waals surface area (Å²) in [7, 11) is 0. The number of carbonyl (C=O) groups is 2. The van der Waals surface area contributed by atoms with Crippen LogP contribution in [0.1, 0.15) is 19.8 Å². The van der Waals surface area contributed by atoms with Crippen LogP contribution in [0.4, 0.5) is 5.69 Å². The molecule has 0 unspecified atom stereocenters. The number of esters is 1. The van der Waals surface area contributed by atoms with E-state index in [-0.39, 0.29) is 23.4 Å². The molecule has 0 saturated carbocycles. The van der Waals surface area contributed by atoms with Crippen molar-refractivity contribution in [2.75, 3.05) is 25.0 Å². The highest BCUT2D eigenvalue weighted by Gasteiger charge is 2.29. The number of ether oxygens (including phenoxy) is 1. The maximum Gasteiger partial charge on any atom is 0.309 e. The molecule has 0 spiro atoms. The van der Waals surface area contributed by atoms with E-state index in [0.29, 0.717) is 48.3 Å². The summed E-state index contributed by atoms with van der Waals surface area (Å²) in [6.07, 6.45) is 2.37. The summed E-state index contributed by atoms with van der Waals surface area (Å²) in [6, 6.07) is 6.76. The minimum absolute atomic E-state index is 0.0457. The fourth-order valence-electron chi connectivity index (χ4n) is 2.65. The van der Waals surface area contributed by atoms with Gasteiger partial charge < -0.3 is 15.0 Å². The number of nitrogens with zero attached hydrogens (tertiary/aromatic N) is 2. The molecule has 1 aromatic rings. The predicted molar refractivity (Wildman–Crippen MR) is 99.7 cm³/mol. The highest BCUT2D eigenvalue weighted by atomic mass is 35.5. The van der Waals surface area contributed by atoms with E-state index in [2.05, 4.69) is 5.32 Å². The molecule has 1 amide bonds. The average molecular weight is 396 g/mol. The van der Waals surface area contributed by atoms with Crippen molar-refractivity contribution in [1.29, 1.82) is 5.26 Å². The number of hydrogen-bond acceptors (Lipinski definition) is 5. The Morgan fingerprint density at radius 2 is 2.08 bits per heavy atom. The Balaban J connectivity index is 2.00. The molecule has 1 aliphatic heterocycles. The summed E-state index contributed by atoms with van der Waals surface area (Å²) >= 11 is 12.0. The van der Waals surface area contributed by atoms with E-state index in [9.17, 15) is 14.9 Å². The molecule has 0 radical (unpaired) electrons. The fourth-order valence-corrected chi connectivity index (χ4v) is 2.99. The number of carbonyl (C=O) groups excluding carboxylic acids is 2. The van der Waals surface area contributed by atoms with Gasteiger partial charge in [0.25, 0.3) is 5.91 Å². The summed E-state index contributed by atoms with van der Waals surface area (Å²) in [4.78, 5) is 25.8. The van der Waals surface area contributed by atoms with Gasteiger partial charge in [-0.3, -0.25) is 9.59 Å².